The molecular weight excluding hydrogens is 222 g/mol. The molecule has 92 valence electrons. The quantitative estimate of drug-likeness (QED) is 0.788. The van der Waals surface area contributed by atoms with Gasteiger partial charge in [0.1, 0.15) is 11.5 Å². The van der Waals surface area contributed by atoms with Crippen molar-refractivity contribution in [2.24, 2.45) is 0 Å². The second-order valence-corrected chi connectivity index (χ2v) is 3.69. The van der Waals surface area contributed by atoms with E-state index >= 15 is 0 Å². The van der Waals surface area contributed by atoms with Crippen LogP contribution in [0.1, 0.15) is 17.9 Å². The number of aryl methyl sites for hydroxylation is 1. The molecule has 1 heterocycles. The summed E-state index contributed by atoms with van der Waals surface area (Å²) in [5, 5.41) is 8.48. The number of rotatable bonds is 5. The van der Waals surface area contributed by atoms with Crippen LogP contribution in [-0.2, 0) is 9.59 Å². The first-order chi connectivity index (χ1) is 7.99. The van der Waals surface area contributed by atoms with Crippen LogP contribution in [-0.4, -0.2) is 35.5 Å². The van der Waals surface area contributed by atoms with E-state index in [2.05, 4.69) is 0 Å². The maximum Gasteiger partial charge on any atom is 0.305 e. The monoisotopic (exact) mass is 237 g/mol. The van der Waals surface area contributed by atoms with Gasteiger partial charge in [-0.15, -0.1) is 0 Å². The number of carboxylic acid groups (broad SMARTS) is 1. The molecule has 0 fully saturated rings. The minimum absolute atomic E-state index is 0.0596. The number of hydrogen-bond acceptors (Lipinski definition) is 3. The number of amides is 1. The molecule has 0 saturated carbocycles. The molecule has 1 N–H and O–H groups in total. The molecule has 0 aliphatic rings. The molecule has 5 heteroatoms. The summed E-state index contributed by atoms with van der Waals surface area (Å²) in [6.07, 6.45) is 2.86. The zero-order valence-electron chi connectivity index (χ0n) is 9.84. The van der Waals surface area contributed by atoms with E-state index in [1.54, 1.807) is 25.3 Å². The summed E-state index contributed by atoms with van der Waals surface area (Å²) >= 11 is 0. The Hall–Kier alpha value is -2.04. The first-order valence-electron chi connectivity index (χ1n) is 5.20. The van der Waals surface area contributed by atoms with Crippen molar-refractivity contribution >= 4 is 18.0 Å². The fourth-order valence-electron chi connectivity index (χ4n) is 1.20. The lowest BCUT2D eigenvalue weighted by atomic mass is 10.3. The number of carboxylic acids is 1. The van der Waals surface area contributed by atoms with Crippen LogP contribution in [0.4, 0.5) is 0 Å². The normalized spacial score (nSPS) is 10.7. The molecule has 0 atom stereocenters. The number of nitrogens with zero attached hydrogens (tertiary/aromatic N) is 1. The summed E-state index contributed by atoms with van der Waals surface area (Å²) in [5.41, 5.74) is 0. The van der Waals surface area contributed by atoms with Crippen LogP contribution in [0, 0.1) is 6.92 Å². The first-order valence-corrected chi connectivity index (χ1v) is 5.20. The second kappa shape index (κ2) is 5.89. The largest absolute Gasteiger partial charge is 0.481 e. The van der Waals surface area contributed by atoms with Crippen molar-refractivity contribution in [1.82, 2.24) is 4.90 Å². The Morgan fingerprint density at radius 1 is 1.47 bits per heavy atom. The third-order valence-electron chi connectivity index (χ3n) is 2.19. The summed E-state index contributed by atoms with van der Waals surface area (Å²) in [5.74, 6) is 0.203. The van der Waals surface area contributed by atoms with E-state index in [0.29, 0.717) is 5.76 Å². The van der Waals surface area contributed by atoms with Gasteiger partial charge in [-0.25, -0.2) is 0 Å². The highest BCUT2D eigenvalue weighted by atomic mass is 16.4. The molecule has 0 saturated heterocycles. The highest BCUT2D eigenvalue weighted by molar-refractivity contribution is 5.91. The van der Waals surface area contributed by atoms with Crippen LogP contribution < -0.4 is 0 Å². The predicted molar refractivity (Wildman–Crippen MR) is 62.4 cm³/mol. The number of carbonyl (C=O) groups is 2. The lowest BCUT2D eigenvalue weighted by Gasteiger charge is -2.12. The van der Waals surface area contributed by atoms with Crippen molar-refractivity contribution in [3.05, 3.63) is 29.7 Å². The van der Waals surface area contributed by atoms with Crippen LogP contribution in [0.15, 0.2) is 22.6 Å². The molecule has 1 aromatic rings. The Labute approximate surface area is 99.3 Å². The summed E-state index contributed by atoms with van der Waals surface area (Å²) in [6, 6.07) is 3.56. The van der Waals surface area contributed by atoms with Gasteiger partial charge in [0.2, 0.25) is 5.91 Å². The summed E-state index contributed by atoms with van der Waals surface area (Å²) in [7, 11) is 1.56. The Balaban J connectivity index is 2.48. The van der Waals surface area contributed by atoms with Crippen LogP contribution >= 0.6 is 0 Å². The van der Waals surface area contributed by atoms with Crippen molar-refractivity contribution in [3.8, 4) is 0 Å². The van der Waals surface area contributed by atoms with Crippen molar-refractivity contribution in [3.63, 3.8) is 0 Å². The number of furan rings is 1. The summed E-state index contributed by atoms with van der Waals surface area (Å²) in [6.45, 7) is 2.01. The zero-order valence-corrected chi connectivity index (χ0v) is 9.84. The SMILES string of the molecule is Cc1ccc(C=CC(=O)N(C)CCC(=O)O)o1. The third-order valence-corrected chi connectivity index (χ3v) is 2.19. The van der Waals surface area contributed by atoms with E-state index < -0.39 is 5.97 Å². The minimum atomic E-state index is -0.921. The molecule has 1 rings (SSSR count). The topological polar surface area (TPSA) is 70.8 Å². The molecule has 0 aromatic carbocycles. The Morgan fingerprint density at radius 3 is 2.71 bits per heavy atom. The number of likely N-dealkylation sites (N-methyl/N-ethyl adjacent to an activating group) is 1. The van der Waals surface area contributed by atoms with Gasteiger partial charge in [0.05, 0.1) is 6.42 Å². The molecule has 1 amide bonds. The fourth-order valence-corrected chi connectivity index (χ4v) is 1.20. The van der Waals surface area contributed by atoms with E-state index in [1.165, 1.54) is 11.0 Å². The number of aliphatic carboxylic acids is 1. The second-order valence-electron chi connectivity index (χ2n) is 3.69. The first kappa shape index (κ1) is 13.0. The molecule has 0 unspecified atom stereocenters. The van der Waals surface area contributed by atoms with Gasteiger partial charge in [-0.3, -0.25) is 9.59 Å². The van der Waals surface area contributed by atoms with Gasteiger partial charge >= 0.3 is 5.97 Å². The van der Waals surface area contributed by atoms with Crippen molar-refractivity contribution in [1.29, 1.82) is 0 Å². The van der Waals surface area contributed by atoms with Crippen LogP contribution in [0.3, 0.4) is 0 Å². The fraction of sp³-hybridized carbons (Fsp3) is 0.333. The molecule has 1 aromatic heterocycles. The number of carbonyl (C=O) groups excluding carboxylic acids is 1. The van der Waals surface area contributed by atoms with E-state index in [1.807, 2.05) is 6.92 Å². The maximum absolute atomic E-state index is 11.5. The Kier molecular flexibility index (Phi) is 4.51. The Bertz CT molecular complexity index is 433. The molecule has 5 nitrogen and oxygen atoms in total. The third kappa shape index (κ3) is 4.55. The van der Waals surface area contributed by atoms with Gasteiger partial charge in [0, 0.05) is 19.7 Å². The lowest BCUT2D eigenvalue weighted by molar-refractivity contribution is -0.137. The van der Waals surface area contributed by atoms with E-state index in [-0.39, 0.29) is 18.9 Å². The van der Waals surface area contributed by atoms with Gasteiger partial charge in [-0.05, 0) is 25.1 Å². The van der Waals surface area contributed by atoms with E-state index in [9.17, 15) is 9.59 Å². The highest BCUT2D eigenvalue weighted by Crippen LogP contribution is 2.08. The molecule has 0 radical (unpaired) electrons. The minimum Gasteiger partial charge on any atom is -0.481 e. The van der Waals surface area contributed by atoms with Crippen molar-refractivity contribution < 1.29 is 19.1 Å². The van der Waals surface area contributed by atoms with Gasteiger partial charge < -0.3 is 14.4 Å². The smallest absolute Gasteiger partial charge is 0.305 e. The van der Waals surface area contributed by atoms with Gasteiger partial charge in [0.15, 0.2) is 0 Å². The predicted octanol–water partition coefficient (Wildman–Crippen LogP) is 1.53. The molecular formula is C12H15NO4. The van der Waals surface area contributed by atoms with Gasteiger partial charge in [0.25, 0.3) is 0 Å². The molecule has 0 spiro atoms. The number of hydrogen-bond donors (Lipinski definition) is 1. The zero-order chi connectivity index (χ0) is 12.8. The van der Waals surface area contributed by atoms with E-state index in [0.717, 1.165) is 5.76 Å². The summed E-state index contributed by atoms with van der Waals surface area (Å²) in [4.78, 5) is 23.2. The van der Waals surface area contributed by atoms with Crippen molar-refractivity contribution in [2.45, 2.75) is 13.3 Å². The van der Waals surface area contributed by atoms with Crippen LogP contribution in [0.5, 0.6) is 0 Å². The average Bonchev–Trinajstić information content (AvgIpc) is 2.68. The molecule has 17 heavy (non-hydrogen) atoms. The van der Waals surface area contributed by atoms with Gasteiger partial charge in [-0.2, -0.15) is 0 Å². The van der Waals surface area contributed by atoms with Crippen LogP contribution in [0.2, 0.25) is 0 Å². The highest BCUT2D eigenvalue weighted by Gasteiger charge is 2.07. The van der Waals surface area contributed by atoms with Crippen molar-refractivity contribution in [2.75, 3.05) is 13.6 Å². The van der Waals surface area contributed by atoms with Gasteiger partial charge in [-0.1, -0.05) is 0 Å². The Morgan fingerprint density at radius 2 is 2.18 bits per heavy atom. The van der Waals surface area contributed by atoms with Crippen LogP contribution in [0.25, 0.3) is 6.08 Å². The molecule has 0 aliphatic heterocycles. The van der Waals surface area contributed by atoms with E-state index in [4.69, 9.17) is 9.52 Å². The lowest BCUT2D eigenvalue weighted by Crippen LogP contribution is -2.27. The summed E-state index contributed by atoms with van der Waals surface area (Å²) < 4.78 is 5.26. The maximum atomic E-state index is 11.5. The standard InChI is InChI=1S/C12H15NO4/c1-9-3-4-10(17-9)5-6-11(14)13(2)8-7-12(15)16/h3-6H,7-8H2,1-2H3,(H,15,16). The average molecular weight is 237 g/mol. The molecule has 0 aliphatic carbocycles. The molecule has 0 bridgehead atoms.